The van der Waals surface area contributed by atoms with Gasteiger partial charge in [0.05, 0.1) is 0 Å². The molecule has 4 atom stereocenters. The van der Waals surface area contributed by atoms with E-state index in [0.29, 0.717) is 0 Å². The van der Waals surface area contributed by atoms with E-state index in [1.807, 2.05) is 0 Å². The number of hydrogen-bond donors (Lipinski definition) is 1. The second-order valence-electron chi connectivity index (χ2n) is 6.65. The van der Waals surface area contributed by atoms with Gasteiger partial charge in [0.1, 0.15) is 0 Å². The van der Waals surface area contributed by atoms with Crippen LogP contribution < -0.4 is 5.32 Å². The Labute approximate surface area is 124 Å². The molecule has 112 valence electrons. The summed E-state index contributed by atoms with van der Waals surface area (Å²) in [5, 5.41) is 3.77. The second-order valence-corrected chi connectivity index (χ2v) is 7.87. The molecule has 19 heavy (non-hydrogen) atoms. The monoisotopic (exact) mass is 284 g/mol. The molecule has 0 bridgehead atoms. The van der Waals surface area contributed by atoms with E-state index < -0.39 is 0 Å². The van der Waals surface area contributed by atoms with Gasteiger partial charge in [0, 0.05) is 24.9 Å². The van der Waals surface area contributed by atoms with E-state index in [1.165, 1.54) is 50.4 Å². The highest BCUT2D eigenvalue weighted by molar-refractivity contribution is 7.99. The fourth-order valence-corrected chi connectivity index (χ4v) is 4.92. The van der Waals surface area contributed by atoms with Crippen LogP contribution in [0.3, 0.4) is 0 Å². The Bertz CT molecular complexity index is 251. The topological polar surface area (TPSA) is 15.3 Å². The van der Waals surface area contributed by atoms with E-state index >= 15 is 0 Å². The second kappa shape index (κ2) is 7.90. The van der Waals surface area contributed by atoms with Gasteiger partial charge in [0.25, 0.3) is 0 Å². The zero-order valence-corrected chi connectivity index (χ0v) is 13.8. The molecule has 1 saturated carbocycles. The minimum atomic E-state index is 0.750. The largest absolute Gasteiger partial charge is 0.314 e. The van der Waals surface area contributed by atoms with Gasteiger partial charge in [-0.3, -0.25) is 0 Å². The molecule has 1 aliphatic carbocycles. The molecule has 1 N–H and O–H groups in total. The van der Waals surface area contributed by atoms with E-state index in [2.05, 4.69) is 42.7 Å². The summed E-state index contributed by atoms with van der Waals surface area (Å²) in [6.45, 7) is 12.2. The van der Waals surface area contributed by atoms with Crippen molar-refractivity contribution in [2.45, 2.75) is 46.1 Å². The van der Waals surface area contributed by atoms with E-state index in [0.717, 1.165) is 30.3 Å². The Balaban J connectivity index is 1.93. The lowest BCUT2D eigenvalue weighted by Crippen LogP contribution is -2.49. The predicted molar refractivity (Wildman–Crippen MR) is 86.9 cm³/mol. The Morgan fingerprint density at radius 2 is 2.00 bits per heavy atom. The van der Waals surface area contributed by atoms with Crippen molar-refractivity contribution in [2.24, 2.45) is 17.8 Å². The zero-order valence-electron chi connectivity index (χ0n) is 13.0. The summed E-state index contributed by atoms with van der Waals surface area (Å²) < 4.78 is 0. The van der Waals surface area contributed by atoms with Gasteiger partial charge in [-0.05, 0) is 55.9 Å². The number of thioether (sulfide) groups is 1. The molecule has 1 aliphatic heterocycles. The van der Waals surface area contributed by atoms with Crippen LogP contribution in [-0.2, 0) is 0 Å². The third-order valence-corrected chi connectivity index (χ3v) is 5.98. The van der Waals surface area contributed by atoms with Gasteiger partial charge in [0.15, 0.2) is 0 Å². The van der Waals surface area contributed by atoms with Gasteiger partial charge < -0.3 is 10.2 Å². The van der Waals surface area contributed by atoms with Crippen molar-refractivity contribution in [1.82, 2.24) is 10.2 Å². The normalized spacial score (nSPS) is 38.1. The van der Waals surface area contributed by atoms with Gasteiger partial charge in [0.2, 0.25) is 0 Å². The SMILES string of the molecule is CCNC1CC(C)CC(C)C1CN1CCCSCC1. The smallest absolute Gasteiger partial charge is 0.0112 e. The van der Waals surface area contributed by atoms with Gasteiger partial charge in [-0.1, -0.05) is 20.8 Å². The summed E-state index contributed by atoms with van der Waals surface area (Å²) in [6.07, 6.45) is 4.19. The molecule has 2 aliphatic rings. The lowest BCUT2D eigenvalue weighted by atomic mass is 9.72. The van der Waals surface area contributed by atoms with E-state index in [1.54, 1.807) is 0 Å². The van der Waals surface area contributed by atoms with E-state index in [4.69, 9.17) is 0 Å². The third kappa shape index (κ3) is 4.64. The molecule has 1 heterocycles. The Morgan fingerprint density at radius 1 is 1.16 bits per heavy atom. The Morgan fingerprint density at radius 3 is 2.79 bits per heavy atom. The van der Waals surface area contributed by atoms with Crippen LogP contribution in [0.5, 0.6) is 0 Å². The summed E-state index contributed by atoms with van der Waals surface area (Å²) in [7, 11) is 0. The highest BCUT2D eigenvalue weighted by Crippen LogP contribution is 2.34. The quantitative estimate of drug-likeness (QED) is 0.854. The maximum absolute atomic E-state index is 3.77. The van der Waals surface area contributed by atoms with Crippen molar-refractivity contribution in [3.63, 3.8) is 0 Å². The first kappa shape index (κ1) is 15.7. The Kier molecular flexibility index (Phi) is 6.51. The highest BCUT2D eigenvalue weighted by Gasteiger charge is 2.34. The standard InChI is InChI=1S/C16H32N2S/c1-4-17-16-11-13(2)10-14(3)15(16)12-18-6-5-8-19-9-7-18/h13-17H,4-12H2,1-3H3. The average molecular weight is 285 g/mol. The molecule has 0 aromatic rings. The molecule has 0 amide bonds. The molecule has 0 radical (unpaired) electrons. The maximum Gasteiger partial charge on any atom is 0.0112 e. The van der Waals surface area contributed by atoms with Crippen molar-refractivity contribution in [1.29, 1.82) is 0 Å². The Hall–Kier alpha value is 0.270. The van der Waals surface area contributed by atoms with Crippen LogP contribution in [-0.4, -0.2) is 48.6 Å². The number of rotatable bonds is 4. The van der Waals surface area contributed by atoms with Crippen LogP contribution in [0.4, 0.5) is 0 Å². The maximum atomic E-state index is 3.77. The summed E-state index contributed by atoms with van der Waals surface area (Å²) in [4.78, 5) is 2.74. The van der Waals surface area contributed by atoms with Crippen LogP contribution >= 0.6 is 11.8 Å². The highest BCUT2D eigenvalue weighted by atomic mass is 32.2. The fraction of sp³-hybridized carbons (Fsp3) is 1.00. The predicted octanol–water partition coefficient (Wildman–Crippen LogP) is 3.09. The zero-order chi connectivity index (χ0) is 13.7. The first-order valence-corrected chi connectivity index (χ1v) is 9.39. The molecule has 2 fully saturated rings. The summed E-state index contributed by atoms with van der Waals surface area (Å²) in [6, 6.07) is 0.750. The van der Waals surface area contributed by atoms with Gasteiger partial charge in [-0.25, -0.2) is 0 Å². The lowest BCUT2D eigenvalue weighted by molar-refractivity contribution is 0.105. The number of nitrogens with one attached hydrogen (secondary N) is 1. The van der Waals surface area contributed by atoms with Gasteiger partial charge in [-0.15, -0.1) is 0 Å². The first-order chi connectivity index (χ1) is 9.20. The van der Waals surface area contributed by atoms with Crippen molar-refractivity contribution in [3.8, 4) is 0 Å². The van der Waals surface area contributed by atoms with E-state index in [9.17, 15) is 0 Å². The molecule has 3 heteroatoms. The van der Waals surface area contributed by atoms with Crippen LogP contribution in [0.15, 0.2) is 0 Å². The lowest BCUT2D eigenvalue weighted by Gasteiger charge is -2.42. The molecule has 1 saturated heterocycles. The summed E-state index contributed by atoms with van der Waals surface area (Å²) >= 11 is 2.14. The molecular weight excluding hydrogens is 252 g/mol. The molecule has 4 unspecified atom stereocenters. The molecule has 0 spiro atoms. The van der Waals surface area contributed by atoms with Crippen molar-refractivity contribution >= 4 is 11.8 Å². The molecule has 2 nitrogen and oxygen atoms in total. The number of hydrogen-bond acceptors (Lipinski definition) is 3. The van der Waals surface area contributed by atoms with Crippen molar-refractivity contribution in [2.75, 3.05) is 37.7 Å². The molecule has 0 aromatic heterocycles. The fourth-order valence-electron chi connectivity index (χ4n) is 3.99. The van der Waals surface area contributed by atoms with Crippen molar-refractivity contribution < 1.29 is 0 Å². The first-order valence-electron chi connectivity index (χ1n) is 8.24. The van der Waals surface area contributed by atoms with Crippen LogP contribution in [0.2, 0.25) is 0 Å². The van der Waals surface area contributed by atoms with Gasteiger partial charge in [-0.2, -0.15) is 11.8 Å². The van der Waals surface area contributed by atoms with Crippen LogP contribution in [0.1, 0.15) is 40.0 Å². The molecule has 0 aromatic carbocycles. The van der Waals surface area contributed by atoms with Gasteiger partial charge >= 0.3 is 0 Å². The minimum Gasteiger partial charge on any atom is -0.314 e. The number of nitrogens with zero attached hydrogens (tertiary/aromatic N) is 1. The summed E-state index contributed by atoms with van der Waals surface area (Å²) in [5.74, 6) is 5.34. The van der Waals surface area contributed by atoms with Crippen LogP contribution in [0, 0.1) is 17.8 Å². The van der Waals surface area contributed by atoms with Crippen LogP contribution in [0.25, 0.3) is 0 Å². The third-order valence-electron chi connectivity index (χ3n) is 4.93. The van der Waals surface area contributed by atoms with Crippen molar-refractivity contribution in [3.05, 3.63) is 0 Å². The van der Waals surface area contributed by atoms with E-state index in [-0.39, 0.29) is 0 Å². The summed E-state index contributed by atoms with van der Waals surface area (Å²) in [5.41, 5.74) is 0. The minimum absolute atomic E-state index is 0.750. The molecule has 2 rings (SSSR count). The average Bonchev–Trinajstić information content (AvgIpc) is 2.62. The molecular formula is C16H32N2S.